The van der Waals surface area contributed by atoms with E-state index in [2.05, 4.69) is 10.6 Å². The molecule has 0 saturated carbocycles. The van der Waals surface area contributed by atoms with Gasteiger partial charge in [-0.1, -0.05) is 18.2 Å². The minimum atomic E-state index is -0.366. The van der Waals surface area contributed by atoms with Crippen LogP contribution in [0.15, 0.2) is 48.7 Å². The maximum absolute atomic E-state index is 14.5. The number of likely N-dealkylation sites (N-methyl/N-ethyl adjacent to an activating group) is 1. The first-order valence-electron chi connectivity index (χ1n) is 8.73. The van der Waals surface area contributed by atoms with E-state index in [0.29, 0.717) is 36.7 Å². The molecule has 2 N–H and O–H groups in total. The molecular formula is C20H20FN3O3. The van der Waals surface area contributed by atoms with Crippen LogP contribution in [0.5, 0.6) is 0 Å². The number of nitrogens with one attached hydrogen (secondary N) is 2. The van der Waals surface area contributed by atoms with E-state index in [1.807, 2.05) is 24.3 Å². The Hall–Kier alpha value is -2.90. The van der Waals surface area contributed by atoms with Gasteiger partial charge < -0.3 is 25.0 Å². The van der Waals surface area contributed by atoms with Crippen LogP contribution in [0.25, 0.3) is 5.57 Å². The van der Waals surface area contributed by atoms with E-state index < -0.39 is 0 Å². The highest BCUT2D eigenvalue weighted by Gasteiger charge is 2.23. The van der Waals surface area contributed by atoms with Crippen molar-refractivity contribution >= 4 is 28.5 Å². The van der Waals surface area contributed by atoms with E-state index in [-0.39, 0.29) is 18.0 Å². The van der Waals surface area contributed by atoms with E-state index in [1.54, 1.807) is 30.3 Å². The summed E-state index contributed by atoms with van der Waals surface area (Å²) in [4.78, 5) is 13.9. The first-order valence-corrected chi connectivity index (χ1v) is 8.73. The highest BCUT2D eigenvalue weighted by Crippen LogP contribution is 2.31. The third-order valence-corrected chi connectivity index (χ3v) is 4.57. The Bertz CT molecular complexity index is 894. The van der Waals surface area contributed by atoms with Crippen LogP contribution in [0.1, 0.15) is 5.56 Å². The predicted molar refractivity (Wildman–Crippen MR) is 102 cm³/mol. The molecule has 0 atom stereocenters. The lowest BCUT2D eigenvalue weighted by atomic mass is 10.1. The lowest BCUT2D eigenvalue weighted by Gasteiger charge is -2.23. The quantitative estimate of drug-likeness (QED) is 0.794. The van der Waals surface area contributed by atoms with Crippen molar-refractivity contribution in [2.24, 2.45) is 0 Å². The molecule has 1 fully saturated rings. The lowest BCUT2D eigenvalue weighted by molar-refractivity contribution is -0.110. The highest BCUT2D eigenvalue weighted by molar-refractivity contribution is 6.31. The number of fused-ring (bicyclic) bond motifs is 1. The van der Waals surface area contributed by atoms with Crippen molar-refractivity contribution in [1.82, 2.24) is 0 Å². The second-order valence-corrected chi connectivity index (χ2v) is 6.42. The van der Waals surface area contributed by atoms with E-state index >= 15 is 0 Å². The molecule has 140 valence electrons. The van der Waals surface area contributed by atoms with Gasteiger partial charge in [0.2, 0.25) is 0 Å². The average molecular weight is 369 g/mol. The molecule has 0 aliphatic carbocycles. The summed E-state index contributed by atoms with van der Waals surface area (Å²) in [6.07, 6.45) is 1.26. The van der Waals surface area contributed by atoms with Gasteiger partial charge in [0.25, 0.3) is 5.91 Å². The molecule has 2 aromatic rings. The van der Waals surface area contributed by atoms with Crippen molar-refractivity contribution in [3.8, 4) is 0 Å². The van der Waals surface area contributed by atoms with Gasteiger partial charge in [-0.25, -0.2) is 4.39 Å². The Morgan fingerprint density at radius 3 is 2.81 bits per heavy atom. The molecule has 0 aromatic heterocycles. The molecule has 0 bridgehead atoms. The number of benzene rings is 2. The van der Waals surface area contributed by atoms with E-state index in [9.17, 15) is 9.18 Å². The van der Waals surface area contributed by atoms with Crippen molar-refractivity contribution in [3.63, 3.8) is 0 Å². The monoisotopic (exact) mass is 369 g/mol. The summed E-state index contributed by atoms with van der Waals surface area (Å²) in [6.45, 7) is 1.58. The van der Waals surface area contributed by atoms with Crippen LogP contribution in [0.4, 0.5) is 21.5 Å². The number of anilines is 3. The molecule has 2 aliphatic heterocycles. The van der Waals surface area contributed by atoms with E-state index in [1.165, 1.54) is 6.07 Å². The summed E-state index contributed by atoms with van der Waals surface area (Å²) < 4.78 is 25.3. The average Bonchev–Trinajstić information content (AvgIpc) is 3.27. The number of hydrogen-bond acceptors (Lipinski definition) is 5. The van der Waals surface area contributed by atoms with Crippen molar-refractivity contribution in [2.45, 2.75) is 6.29 Å². The molecule has 7 heteroatoms. The number of ether oxygens (including phenoxy) is 2. The van der Waals surface area contributed by atoms with Gasteiger partial charge in [0.15, 0.2) is 6.29 Å². The van der Waals surface area contributed by atoms with Gasteiger partial charge in [0.1, 0.15) is 5.82 Å². The van der Waals surface area contributed by atoms with Gasteiger partial charge in [-0.05, 0) is 24.3 Å². The molecule has 2 aliphatic rings. The van der Waals surface area contributed by atoms with Gasteiger partial charge in [-0.15, -0.1) is 0 Å². The number of para-hydroxylation sites is 1. The van der Waals surface area contributed by atoms with E-state index in [0.717, 1.165) is 11.3 Å². The van der Waals surface area contributed by atoms with Crippen LogP contribution < -0.4 is 15.5 Å². The summed E-state index contributed by atoms with van der Waals surface area (Å²) in [6, 6.07) is 12.3. The summed E-state index contributed by atoms with van der Waals surface area (Å²) in [5.41, 5.74) is 3.13. The fraction of sp³-hybridized carbons (Fsp3) is 0.250. The normalized spacial score (nSPS) is 17.9. The van der Waals surface area contributed by atoms with Gasteiger partial charge in [-0.2, -0.15) is 0 Å². The maximum Gasteiger partial charge on any atom is 0.257 e. The zero-order valence-corrected chi connectivity index (χ0v) is 14.9. The first kappa shape index (κ1) is 17.5. The Morgan fingerprint density at radius 2 is 2.04 bits per heavy atom. The second kappa shape index (κ2) is 7.38. The summed E-state index contributed by atoms with van der Waals surface area (Å²) >= 11 is 0. The zero-order valence-electron chi connectivity index (χ0n) is 14.9. The number of hydrogen-bond donors (Lipinski definition) is 2. The van der Waals surface area contributed by atoms with Gasteiger partial charge in [0.05, 0.1) is 31.0 Å². The molecule has 0 radical (unpaired) electrons. The van der Waals surface area contributed by atoms with Crippen LogP contribution in [0.2, 0.25) is 0 Å². The van der Waals surface area contributed by atoms with Crippen molar-refractivity contribution in [1.29, 1.82) is 0 Å². The van der Waals surface area contributed by atoms with Gasteiger partial charge in [-0.3, -0.25) is 4.79 Å². The molecule has 2 heterocycles. The molecule has 27 heavy (non-hydrogen) atoms. The number of rotatable bonds is 5. The number of carbonyl (C=O) groups excluding carboxylic acids is 1. The molecule has 1 amide bonds. The Morgan fingerprint density at radius 1 is 1.26 bits per heavy atom. The Kier molecular flexibility index (Phi) is 4.79. The first-order chi connectivity index (χ1) is 13.1. The van der Waals surface area contributed by atoms with Crippen LogP contribution in [-0.2, 0) is 14.3 Å². The summed E-state index contributed by atoms with van der Waals surface area (Å²) in [5, 5.41) is 5.81. The molecular weight excluding hydrogens is 349 g/mol. The largest absolute Gasteiger partial charge is 0.367 e. The van der Waals surface area contributed by atoms with Gasteiger partial charge in [0, 0.05) is 30.2 Å². The standard InChI is InChI=1S/C20H20FN3O3/c1-24(12-19-26-8-9-27-19)18-7-6-13(10-16(18)21)22-11-15-14-4-2-3-5-17(14)23-20(15)25/h2-7,10-11,19,22H,8-9,12H2,1H3,(H,23,25). The summed E-state index contributed by atoms with van der Waals surface area (Å²) in [5.74, 6) is -0.549. The predicted octanol–water partition coefficient (Wildman–Crippen LogP) is 3.04. The molecule has 1 saturated heterocycles. The van der Waals surface area contributed by atoms with Crippen molar-refractivity contribution in [3.05, 3.63) is 60.0 Å². The topological polar surface area (TPSA) is 62.8 Å². The van der Waals surface area contributed by atoms with Crippen molar-refractivity contribution in [2.75, 3.05) is 42.3 Å². The smallest absolute Gasteiger partial charge is 0.257 e. The number of carbonyl (C=O) groups is 1. The number of nitrogens with zero attached hydrogens (tertiary/aromatic N) is 1. The number of amides is 1. The second-order valence-electron chi connectivity index (χ2n) is 6.42. The van der Waals surface area contributed by atoms with Crippen molar-refractivity contribution < 1.29 is 18.7 Å². The fourth-order valence-electron chi connectivity index (χ4n) is 3.18. The zero-order chi connectivity index (χ0) is 18.8. The molecule has 2 aromatic carbocycles. The SMILES string of the molecule is CN(CC1OCCO1)c1ccc(NC=C2C(=O)Nc3ccccc32)cc1F. The minimum absolute atomic E-state index is 0.183. The van der Waals surface area contributed by atoms with Crippen LogP contribution >= 0.6 is 0 Å². The molecule has 4 rings (SSSR count). The van der Waals surface area contributed by atoms with Crippen LogP contribution in [-0.4, -0.2) is 39.0 Å². The maximum atomic E-state index is 14.5. The molecule has 0 spiro atoms. The number of halogens is 1. The third-order valence-electron chi connectivity index (χ3n) is 4.57. The summed E-state index contributed by atoms with van der Waals surface area (Å²) in [7, 11) is 1.79. The Labute approximate surface area is 156 Å². The lowest BCUT2D eigenvalue weighted by Crippen LogP contribution is -2.30. The van der Waals surface area contributed by atoms with E-state index in [4.69, 9.17) is 9.47 Å². The van der Waals surface area contributed by atoms with Crippen LogP contribution in [0, 0.1) is 5.82 Å². The van der Waals surface area contributed by atoms with Crippen LogP contribution in [0.3, 0.4) is 0 Å². The van der Waals surface area contributed by atoms with Gasteiger partial charge >= 0.3 is 0 Å². The third kappa shape index (κ3) is 3.65. The molecule has 0 unspecified atom stereocenters. The fourth-order valence-corrected chi connectivity index (χ4v) is 3.18. The Balaban J connectivity index is 1.47. The minimum Gasteiger partial charge on any atom is -0.367 e. The molecule has 6 nitrogen and oxygen atoms in total. The highest BCUT2D eigenvalue weighted by atomic mass is 19.1.